The van der Waals surface area contributed by atoms with Gasteiger partial charge in [0.25, 0.3) is 5.91 Å². The quantitative estimate of drug-likeness (QED) is 0.818. The van der Waals surface area contributed by atoms with Crippen molar-refractivity contribution in [3.8, 4) is 0 Å². The Morgan fingerprint density at radius 1 is 1.24 bits per heavy atom. The van der Waals surface area contributed by atoms with Crippen LogP contribution in [0.4, 0.5) is 5.69 Å². The van der Waals surface area contributed by atoms with E-state index in [4.69, 9.17) is 14.6 Å². The van der Waals surface area contributed by atoms with Gasteiger partial charge in [0.2, 0.25) is 0 Å². The molecule has 2 heterocycles. The van der Waals surface area contributed by atoms with Crippen molar-refractivity contribution < 1.29 is 24.2 Å². The zero-order valence-electron chi connectivity index (χ0n) is 11.5. The van der Waals surface area contributed by atoms with Gasteiger partial charge in [-0.3, -0.25) is 9.59 Å². The van der Waals surface area contributed by atoms with E-state index in [2.05, 4.69) is 0 Å². The molecule has 1 unspecified atom stereocenters. The summed E-state index contributed by atoms with van der Waals surface area (Å²) in [5.74, 6) is -0.699. The third kappa shape index (κ3) is 2.77. The second kappa shape index (κ2) is 5.83. The fourth-order valence-corrected chi connectivity index (χ4v) is 2.72. The molecule has 2 atom stereocenters. The third-order valence-electron chi connectivity index (χ3n) is 3.86. The maximum Gasteiger partial charge on any atom is 0.313 e. The van der Waals surface area contributed by atoms with Crippen molar-refractivity contribution in [3.63, 3.8) is 0 Å². The van der Waals surface area contributed by atoms with Crippen molar-refractivity contribution in [3.05, 3.63) is 29.8 Å². The lowest BCUT2D eigenvalue weighted by Crippen LogP contribution is -2.41. The molecule has 3 rings (SSSR count). The first-order chi connectivity index (χ1) is 10.2. The number of carbonyl (C=O) groups is 2. The van der Waals surface area contributed by atoms with Crippen molar-refractivity contribution in [1.29, 1.82) is 0 Å². The number of amides is 1. The number of rotatable bonds is 3. The van der Waals surface area contributed by atoms with Crippen LogP contribution in [-0.4, -0.2) is 49.5 Å². The van der Waals surface area contributed by atoms with Crippen molar-refractivity contribution in [2.45, 2.75) is 18.4 Å². The Labute approximate surface area is 122 Å². The maximum atomic E-state index is 11.8. The second-order valence-electron chi connectivity index (χ2n) is 5.22. The Morgan fingerprint density at radius 3 is 2.62 bits per heavy atom. The summed E-state index contributed by atoms with van der Waals surface area (Å²) < 4.78 is 10.2. The second-order valence-corrected chi connectivity index (χ2v) is 5.22. The number of benzene rings is 1. The molecule has 2 saturated heterocycles. The third-order valence-corrected chi connectivity index (χ3v) is 3.86. The number of ether oxygens (including phenoxy) is 2. The summed E-state index contributed by atoms with van der Waals surface area (Å²) in [6.45, 7) is 1.02. The van der Waals surface area contributed by atoms with Gasteiger partial charge in [0.1, 0.15) is 12.7 Å². The SMILES string of the molecule is O=C1OC(CO)C[C@@H]1c1ccc(N2CCOCC2=O)cc1. The molecule has 1 amide bonds. The van der Waals surface area contributed by atoms with Gasteiger partial charge in [-0.2, -0.15) is 0 Å². The smallest absolute Gasteiger partial charge is 0.313 e. The van der Waals surface area contributed by atoms with Crippen LogP contribution in [0.25, 0.3) is 0 Å². The van der Waals surface area contributed by atoms with E-state index in [0.717, 1.165) is 11.3 Å². The summed E-state index contributed by atoms with van der Waals surface area (Å²) >= 11 is 0. The van der Waals surface area contributed by atoms with Gasteiger partial charge in [-0.05, 0) is 17.7 Å². The van der Waals surface area contributed by atoms with Crippen molar-refractivity contribution in [1.82, 2.24) is 0 Å². The zero-order valence-corrected chi connectivity index (χ0v) is 11.5. The summed E-state index contributed by atoms with van der Waals surface area (Å²) in [6.07, 6.45) is 0.0773. The highest BCUT2D eigenvalue weighted by Crippen LogP contribution is 2.31. The molecule has 21 heavy (non-hydrogen) atoms. The van der Waals surface area contributed by atoms with Crippen LogP contribution in [0.2, 0.25) is 0 Å². The van der Waals surface area contributed by atoms with Crippen molar-refractivity contribution in [2.75, 3.05) is 31.3 Å². The Morgan fingerprint density at radius 2 is 2.00 bits per heavy atom. The van der Waals surface area contributed by atoms with Crippen LogP contribution in [0.1, 0.15) is 17.9 Å². The molecular weight excluding hydrogens is 274 g/mol. The van der Waals surface area contributed by atoms with Crippen LogP contribution in [0.3, 0.4) is 0 Å². The van der Waals surface area contributed by atoms with Gasteiger partial charge in [-0.25, -0.2) is 0 Å². The standard InChI is InChI=1S/C15H17NO5/c17-8-12-7-13(15(19)21-12)10-1-3-11(4-2-10)16-5-6-20-9-14(16)18/h1-4,12-13,17H,5-9H2/t12?,13-/m1/s1. The summed E-state index contributed by atoms with van der Waals surface area (Å²) in [6, 6.07) is 7.34. The van der Waals surface area contributed by atoms with Gasteiger partial charge >= 0.3 is 5.97 Å². The molecule has 1 aromatic rings. The molecule has 1 N–H and O–H groups in total. The molecule has 2 fully saturated rings. The molecule has 6 nitrogen and oxygen atoms in total. The normalized spacial score (nSPS) is 26.0. The lowest BCUT2D eigenvalue weighted by molar-refractivity contribution is -0.143. The molecule has 0 aliphatic carbocycles. The van der Waals surface area contributed by atoms with E-state index < -0.39 is 6.10 Å². The molecule has 0 saturated carbocycles. The molecule has 0 bridgehead atoms. The number of hydrogen-bond acceptors (Lipinski definition) is 5. The average molecular weight is 291 g/mol. The van der Waals surface area contributed by atoms with Gasteiger partial charge < -0.3 is 19.5 Å². The predicted octanol–water partition coefficient (Wildman–Crippen LogP) is 0.441. The van der Waals surface area contributed by atoms with Gasteiger partial charge in [0.15, 0.2) is 0 Å². The number of morpholine rings is 1. The topological polar surface area (TPSA) is 76.1 Å². The van der Waals surface area contributed by atoms with Crippen LogP contribution in [0, 0.1) is 0 Å². The zero-order chi connectivity index (χ0) is 14.8. The first kappa shape index (κ1) is 14.0. The largest absolute Gasteiger partial charge is 0.459 e. The Bertz CT molecular complexity index is 541. The highest BCUT2D eigenvalue weighted by Gasteiger charge is 2.35. The number of aliphatic hydroxyl groups excluding tert-OH is 1. The van der Waals surface area contributed by atoms with E-state index in [9.17, 15) is 9.59 Å². The van der Waals surface area contributed by atoms with Crippen LogP contribution in [-0.2, 0) is 19.1 Å². The minimum atomic E-state index is -0.414. The van der Waals surface area contributed by atoms with Crippen molar-refractivity contribution in [2.24, 2.45) is 0 Å². The summed E-state index contributed by atoms with van der Waals surface area (Å²) in [5, 5.41) is 9.06. The van der Waals surface area contributed by atoms with Gasteiger partial charge in [-0.1, -0.05) is 12.1 Å². The van der Waals surface area contributed by atoms with E-state index in [1.54, 1.807) is 4.90 Å². The number of nitrogens with zero attached hydrogens (tertiary/aromatic N) is 1. The Hall–Kier alpha value is -1.92. The number of carbonyl (C=O) groups excluding carboxylic acids is 2. The molecular formula is C15H17NO5. The number of hydrogen-bond donors (Lipinski definition) is 1. The van der Waals surface area contributed by atoms with Crippen molar-refractivity contribution >= 4 is 17.6 Å². The van der Waals surface area contributed by atoms with Crippen LogP contribution < -0.4 is 4.90 Å². The van der Waals surface area contributed by atoms with Gasteiger partial charge in [0, 0.05) is 18.7 Å². The number of anilines is 1. The lowest BCUT2D eigenvalue weighted by Gasteiger charge is -2.27. The number of cyclic esters (lactones) is 1. The summed E-state index contributed by atoms with van der Waals surface area (Å²) in [7, 11) is 0. The number of aliphatic hydroxyl groups is 1. The summed E-state index contributed by atoms with van der Waals surface area (Å²) in [4.78, 5) is 25.2. The first-order valence-corrected chi connectivity index (χ1v) is 6.98. The Balaban J connectivity index is 1.75. The van der Waals surface area contributed by atoms with E-state index >= 15 is 0 Å². The van der Waals surface area contributed by atoms with E-state index in [-0.39, 0.29) is 31.0 Å². The first-order valence-electron chi connectivity index (χ1n) is 6.98. The fraction of sp³-hybridized carbons (Fsp3) is 0.467. The molecule has 2 aliphatic rings. The van der Waals surface area contributed by atoms with E-state index in [0.29, 0.717) is 19.6 Å². The highest BCUT2D eigenvalue weighted by molar-refractivity contribution is 5.94. The molecule has 1 aromatic carbocycles. The fourth-order valence-electron chi connectivity index (χ4n) is 2.72. The average Bonchev–Trinajstić information content (AvgIpc) is 2.89. The lowest BCUT2D eigenvalue weighted by atomic mass is 9.95. The monoisotopic (exact) mass is 291 g/mol. The van der Waals surface area contributed by atoms with Gasteiger partial charge in [0.05, 0.1) is 19.1 Å². The number of esters is 1. The van der Waals surface area contributed by atoms with E-state index in [1.807, 2.05) is 24.3 Å². The molecule has 0 aromatic heterocycles. The maximum absolute atomic E-state index is 11.8. The molecule has 0 radical (unpaired) electrons. The molecule has 0 spiro atoms. The molecule has 6 heteroatoms. The van der Waals surface area contributed by atoms with Crippen LogP contribution in [0.15, 0.2) is 24.3 Å². The highest BCUT2D eigenvalue weighted by atomic mass is 16.6. The predicted molar refractivity (Wildman–Crippen MR) is 73.9 cm³/mol. The summed E-state index contributed by atoms with van der Waals surface area (Å²) in [5.41, 5.74) is 1.65. The van der Waals surface area contributed by atoms with Crippen LogP contribution >= 0.6 is 0 Å². The minimum Gasteiger partial charge on any atom is -0.459 e. The Kier molecular flexibility index (Phi) is 3.90. The van der Waals surface area contributed by atoms with Gasteiger partial charge in [-0.15, -0.1) is 0 Å². The minimum absolute atomic E-state index is 0.0605. The molecule has 112 valence electrons. The van der Waals surface area contributed by atoms with Crippen LogP contribution in [0.5, 0.6) is 0 Å². The molecule has 2 aliphatic heterocycles. The van der Waals surface area contributed by atoms with E-state index in [1.165, 1.54) is 0 Å².